The monoisotopic (exact) mass is 408 g/mol. The van der Waals surface area contributed by atoms with Crippen molar-refractivity contribution in [3.8, 4) is 5.75 Å². The molecule has 2 aromatic carbocycles. The number of rotatable bonds is 5. The van der Waals surface area contributed by atoms with Gasteiger partial charge in [-0.1, -0.05) is 29.8 Å². The lowest BCUT2D eigenvalue weighted by Gasteiger charge is -2.29. The summed E-state index contributed by atoms with van der Waals surface area (Å²) in [6.45, 7) is 5.03. The van der Waals surface area contributed by atoms with Gasteiger partial charge in [-0.15, -0.1) is 0 Å². The van der Waals surface area contributed by atoms with Gasteiger partial charge in [0.15, 0.2) is 6.61 Å². The normalized spacial score (nSPS) is 15.4. The van der Waals surface area contributed by atoms with Gasteiger partial charge in [-0.2, -0.15) is 0 Å². The third-order valence-corrected chi connectivity index (χ3v) is 4.51. The van der Waals surface area contributed by atoms with Crippen LogP contribution in [0.2, 0.25) is 0 Å². The molecule has 0 spiro atoms. The molecule has 0 atom stereocenters. The van der Waals surface area contributed by atoms with Crippen LogP contribution >= 0.6 is 0 Å². The minimum atomic E-state index is -1.10. The average molecular weight is 408 g/mol. The molecule has 1 saturated heterocycles. The Hall–Kier alpha value is -3.94. The maximum Gasteiger partial charge on any atom is 0.341 e. The predicted molar refractivity (Wildman–Crippen MR) is 109 cm³/mol. The second-order valence-corrected chi connectivity index (χ2v) is 6.96. The van der Waals surface area contributed by atoms with Crippen LogP contribution in [0.15, 0.2) is 42.0 Å². The summed E-state index contributed by atoms with van der Waals surface area (Å²) in [5.41, 5.74) is 3.25. The minimum Gasteiger partial charge on any atom is -0.482 e. The van der Waals surface area contributed by atoms with Gasteiger partial charge in [0, 0.05) is 0 Å². The highest BCUT2D eigenvalue weighted by molar-refractivity contribution is 6.39. The van der Waals surface area contributed by atoms with E-state index in [4.69, 9.17) is 9.84 Å². The van der Waals surface area contributed by atoms with Gasteiger partial charge in [-0.25, -0.2) is 14.5 Å². The lowest BCUT2D eigenvalue weighted by atomic mass is 10.0. The second-order valence-electron chi connectivity index (χ2n) is 6.96. The molecule has 0 bridgehead atoms. The zero-order chi connectivity index (χ0) is 22.0. The van der Waals surface area contributed by atoms with Crippen molar-refractivity contribution in [3.05, 3.63) is 64.2 Å². The molecule has 2 aromatic rings. The number of urea groups is 1. The molecule has 1 fully saturated rings. The average Bonchev–Trinajstić information content (AvgIpc) is 2.66. The number of benzene rings is 2. The summed E-state index contributed by atoms with van der Waals surface area (Å²) >= 11 is 0. The molecule has 0 saturated carbocycles. The number of hydrogen-bond donors (Lipinski definition) is 2. The topological polar surface area (TPSA) is 113 Å². The number of amides is 4. The lowest BCUT2D eigenvalue weighted by Crippen LogP contribution is -2.54. The Morgan fingerprint density at radius 3 is 2.23 bits per heavy atom. The number of aliphatic carboxylic acids is 1. The van der Waals surface area contributed by atoms with Crippen LogP contribution in [0.5, 0.6) is 5.75 Å². The van der Waals surface area contributed by atoms with Gasteiger partial charge in [0.2, 0.25) is 0 Å². The smallest absolute Gasteiger partial charge is 0.341 e. The first-order valence-corrected chi connectivity index (χ1v) is 9.11. The van der Waals surface area contributed by atoms with Gasteiger partial charge < -0.3 is 9.84 Å². The van der Waals surface area contributed by atoms with E-state index < -0.39 is 30.4 Å². The Bertz CT molecular complexity index is 1060. The van der Waals surface area contributed by atoms with Crippen molar-refractivity contribution in [2.24, 2.45) is 0 Å². The molecule has 3 rings (SSSR count). The first kappa shape index (κ1) is 20.8. The highest BCUT2D eigenvalue weighted by Gasteiger charge is 2.38. The maximum absolute atomic E-state index is 13.1. The number of barbiturate groups is 1. The summed E-state index contributed by atoms with van der Waals surface area (Å²) in [5, 5.41) is 10.9. The molecular weight excluding hydrogens is 388 g/mol. The summed E-state index contributed by atoms with van der Waals surface area (Å²) in [6, 6.07) is 9.13. The molecule has 1 aliphatic heterocycles. The van der Waals surface area contributed by atoms with Crippen LogP contribution in [0.1, 0.15) is 22.3 Å². The quantitative estimate of drug-likeness (QED) is 0.581. The van der Waals surface area contributed by atoms with E-state index >= 15 is 0 Å². The fourth-order valence-corrected chi connectivity index (χ4v) is 3.36. The van der Waals surface area contributed by atoms with Crippen LogP contribution in [0.25, 0.3) is 6.08 Å². The largest absolute Gasteiger partial charge is 0.482 e. The van der Waals surface area contributed by atoms with Crippen LogP contribution in [-0.2, 0) is 14.4 Å². The number of carboxylic acids is 1. The number of imide groups is 2. The number of carbonyl (C=O) groups is 4. The Balaban J connectivity index is 1.94. The number of carbonyl (C=O) groups excluding carboxylic acids is 3. The van der Waals surface area contributed by atoms with E-state index in [1.54, 1.807) is 26.0 Å². The first-order chi connectivity index (χ1) is 14.2. The molecule has 1 aliphatic rings. The summed E-state index contributed by atoms with van der Waals surface area (Å²) in [5.74, 6) is -2.27. The highest BCUT2D eigenvalue weighted by atomic mass is 16.5. The number of aryl methyl sites for hydroxylation is 3. The Labute approximate surface area is 172 Å². The van der Waals surface area contributed by atoms with Crippen molar-refractivity contribution >= 4 is 35.6 Å². The van der Waals surface area contributed by atoms with Gasteiger partial charge in [-0.3, -0.25) is 14.9 Å². The van der Waals surface area contributed by atoms with Crippen molar-refractivity contribution in [2.75, 3.05) is 11.5 Å². The van der Waals surface area contributed by atoms with Crippen LogP contribution < -0.4 is 15.0 Å². The molecule has 8 nitrogen and oxygen atoms in total. The number of ether oxygens (including phenoxy) is 1. The molecule has 0 unspecified atom stereocenters. The van der Waals surface area contributed by atoms with Gasteiger partial charge in [0.25, 0.3) is 11.8 Å². The van der Waals surface area contributed by atoms with Crippen molar-refractivity contribution < 1.29 is 29.0 Å². The fourth-order valence-electron chi connectivity index (χ4n) is 3.36. The number of hydrogen-bond acceptors (Lipinski definition) is 5. The van der Waals surface area contributed by atoms with Crippen LogP contribution in [0.3, 0.4) is 0 Å². The van der Waals surface area contributed by atoms with Crippen LogP contribution in [0.4, 0.5) is 10.5 Å². The number of carboxylic acid groups (broad SMARTS) is 1. The number of nitrogens with one attached hydrogen (secondary N) is 1. The van der Waals surface area contributed by atoms with Gasteiger partial charge in [0.1, 0.15) is 11.3 Å². The van der Waals surface area contributed by atoms with Crippen molar-refractivity contribution in [2.45, 2.75) is 20.8 Å². The number of anilines is 1. The van der Waals surface area contributed by atoms with Crippen LogP contribution in [0, 0.1) is 20.8 Å². The van der Waals surface area contributed by atoms with Crippen LogP contribution in [-0.4, -0.2) is 35.5 Å². The molecule has 0 radical (unpaired) electrons. The zero-order valence-corrected chi connectivity index (χ0v) is 16.7. The number of nitrogens with zero attached hydrogens (tertiary/aromatic N) is 1. The second kappa shape index (κ2) is 8.20. The molecule has 154 valence electrons. The fraction of sp³-hybridized carbons (Fsp3) is 0.182. The van der Waals surface area contributed by atoms with Crippen molar-refractivity contribution in [1.82, 2.24) is 5.32 Å². The van der Waals surface area contributed by atoms with Crippen molar-refractivity contribution in [3.63, 3.8) is 0 Å². The zero-order valence-electron chi connectivity index (χ0n) is 16.7. The van der Waals surface area contributed by atoms with E-state index in [1.165, 1.54) is 18.2 Å². The summed E-state index contributed by atoms with van der Waals surface area (Å²) in [4.78, 5) is 49.4. The highest BCUT2D eigenvalue weighted by Crippen LogP contribution is 2.29. The minimum absolute atomic E-state index is 0.187. The molecule has 30 heavy (non-hydrogen) atoms. The Morgan fingerprint density at radius 1 is 1.07 bits per heavy atom. The van der Waals surface area contributed by atoms with Gasteiger partial charge in [0.05, 0.1) is 5.69 Å². The van der Waals surface area contributed by atoms with E-state index in [-0.39, 0.29) is 5.57 Å². The molecule has 0 aliphatic carbocycles. The molecule has 8 heteroatoms. The molecule has 2 N–H and O–H groups in total. The van der Waals surface area contributed by atoms with Crippen molar-refractivity contribution in [1.29, 1.82) is 0 Å². The van der Waals surface area contributed by atoms with E-state index in [9.17, 15) is 19.2 Å². The van der Waals surface area contributed by atoms with E-state index in [0.29, 0.717) is 17.0 Å². The summed E-state index contributed by atoms with van der Waals surface area (Å²) < 4.78 is 5.06. The third-order valence-electron chi connectivity index (χ3n) is 4.51. The van der Waals surface area contributed by atoms with E-state index in [1.807, 2.05) is 19.1 Å². The molecular formula is C22H20N2O6. The molecule has 0 aromatic heterocycles. The van der Waals surface area contributed by atoms with Gasteiger partial charge >= 0.3 is 12.0 Å². The predicted octanol–water partition coefficient (Wildman–Crippen LogP) is 2.74. The standard InChI is InChI=1S/C22H20N2O6/c1-12-8-13(2)19(14(3)9-12)24-21(28)17(20(27)23-22(24)29)10-15-4-6-16(7-5-15)30-11-18(25)26/h4-10H,11H2,1-3H3,(H,25,26)(H,23,27,29)/b17-10+. The lowest BCUT2D eigenvalue weighted by molar-refractivity contribution is -0.139. The first-order valence-electron chi connectivity index (χ1n) is 9.11. The van der Waals surface area contributed by atoms with Gasteiger partial charge in [-0.05, 0) is 55.7 Å². The Kier molecular flexibility index (Phi) is 5.68. The summed E-state index contributed by atoms with van der Waals surface area (Å²) in [6.07, 6.45) is 1.37. The van der Waals surface area contributed by atoms with E-state index in [2.05, 4.69) is 5.32 Å². The maximum atomic E-state index is 13.1. The molecule has 1 heterocycles. The summed E-state index contributed by atoms with van der Waals surface area (Å²) in [7, 11) is 0. The Morgan fingerprint density at radius 2 is 1.67 bits per heavy atom. The van der Waals surface area contributed by atoms with E-state index in [0.717, 1.165) is 21.6 Å². The third kappa shape index (κ3) is 4.22. The molecule has 4 amide bonds. The SMILES string of the molecule is Cc1cc(C)c(N2C(=O)NC(=O)/C(=C\c3ccc(OCC(=O)O)cc3)C2=O)c(C)c1.